The molecule has 4 heteroatoms. The molecular formula is C25H23Cl2OTi. The first-order valence-electron chi connectivity index (χ1n) is 8.85. The van der Waals surface area contributed by atoms with Gasteiger partial charge in [0.15, 0.2) is 0 Å². The molecule has 0 spiro atoms. The zero-order valence-corrected chi connectivity index (χ0v) is 19.2. The van der Waals surface area contributed by atoms with E-state index in [1.54, 1.807) is 0 Å². The van der Waals surface area contributed by atoms with Gasteiger partial charge in [-0.05, 0) is 18.1 Å². The van der Waals surface area contributed by atoms with E-state index in [9.17, 15) is 5.11 Å². The summed E-state index contributed by atoms with van der Waals surface area (Å²) in [5, 5.41) is 9.99. The second-order valence-electron chi connectivity index (χ2n) is 6.32. The van der Waals surface area contributed by atoms with E-state index in [0.29, 0.717) is 5.92 Å². The number of hydrogen-bond acceptors (Lipinski definition) is 1. The minimum atomic E-state index is -0.516. The molecule has 0 bridgehead atoms. The van der Waals surface area contributed by atoms with Crippen molar-refractivity contribution < 1.29 is 51.6 Å². The molecule has 0 fully saturated rings. The van der Waals surface area contributed by atoms with Crippen LogP contribution in [-0.4, -0.2) is 5.11 Å². The summed E-state index contributed by atoms with van der Waals surface area (Å²) in [4.78, 5) is 0. The molecule has 1 nitrogen and oxygen atoms in total. The molecule has 0 aliphatic heterocycles. The van der Waals surface area contributed by atoms with Crippen molar-refractivity contribution in [2.24, 2.45) is 0 Å². The molecule has 0 aromatic heterocycles. The van der Waals surface area contributed by atoms with Gasteiger partial charge in [0.2, 0.25) is 0 Å². The Bertz CT molecular complexity index is 826. The number of benzene rings is 3. The number of hydrogen-bond donors (Lipinski definition) is 1. The molecule has 1 unspecified atom stereocenters. The van der Waals surface area contributed by atoms with Crippen LogP contribution in [0.2, 0.25) is 0 Å². The Kier molecular flexibility index (Phi) is 13.6. The maximum absolute atomic E-state index is 9.99. The molecule has 0 heterocycles. The van der Waals surface area contributed by atoms with Crippen LogP contribution in [0.1, 0.15) is 35.6 Å². The van der Waals surface area contributed by atoms with Gasteiger partial charge < -0.3 is 29.9 Å². The van der Waals surface area contributed by atoms with Crippen molar-refractivity contribution in [1.29, 1.82) is 0 Å². The molecule has 0 saturated heterocycles. The Morgan fingerprint density at radius 2 is 1.31 bits per heavy atom. The first-order chi connectivity index (χ1) is 12.8. The van der Waals surface area contributed by atoms with Crippen molar-refractivity contribution in [3.8, 4) is 0 Å². The summed E-state index contributed by atoms with van der Waals surface area (Å²) in [5.41, 5.74) is 4.52. The van der Waals surface area contributed by atoms with Gasteiger partial charge in [0.25, 0.3) is 0 Å². The first kappa shape index (κ1) is 27.4. The van der Waals surface area contributed by atoms with Gasteiger partial charge in [-0.25, -0.2) is 0 Å². The van der Waals surface area contributed by atoms with E-state index in [2.05, 4.69) is 43.4 Å². The molecule has 147 valence electrons. The fraction of sp³-hybridized carbons (Fsp3) is 0.120. The van der Waals surface area contributed by atoms with Crippen LogP contribution in [0, 0.1) is 6.07 Å². The number of halogens is 2. The van der Waals surface area contributed by atoms with Gasteiger partial charge in [0.05, 0.1) is 0 Å². The number of allylic oxidation sites excluding steroid dienone is 4. The predicted octanol–water partition coefficient (Wildman–Crippen LogP) is -0.140. The monoisotopic (exact) mass is 457 g/mol. The SMILES string of the molecule is CC1=CC=CC1c1[c-]cccc1.OC(c1ccccc1)c1ccccc1.[Cl-].[Cl-].[Ti+3]. The molecular weight excluding hydrogens is 435 g/mol. The third kappa shape index (κ3) is 7.97. The maximum Gasteiger partial charge on any atom is 3.00 e. The zero-order chi connectivity index (χ0) is 18.2. The normalized spacial score (nSPS) is 13.8. The standard InChI is InChI=1S/C13H12O.C12H11.2ClH.Ti/c14-13(11-7-3-1-4-8-11)12-9-5-2-6-10-12;1-10-6-5-9-12(10)11-7-3-2-4-8-11;;;/h1-10,13-14H;2-7,9,12H,1H3;2*1H;/q;-1;;;+3/p-2. The third-order valence-electron chi connectivity index (χ3n) is 4.45. The zero-order valence-electron chi connectivity index (χ0n) is 16.2. The van der Waals surface area contributed by atoms with Crippen molar-refractivity contribution in [2.45, 2.75) is 18.9 Å². The van der Waals surface area contributed by atoms with E-state index in [4.69, 9.17) is 0 Å². The van der Waals surface area contributed by atoms with E-state index >= 15 is 0 Å². The molecule has 4 rings (SSSR count). The molecule has 1 atom stereocenters. The van der Waals surface area contributed by atoms with Crippen molar-refractivity contribution in [2.75, 3.05) is 0 Å². The van der Waals surface area contributed by atoms with Gasteiger partial charge in [0, 0.05) is 5.92 Å². The summed E-state index contributed by atoms with van der Waals surface area (Å²) in [6.07, 6.45) is 5.96. The summed E-state index contributed by atoms with van der Waals surface area (Å²) in [6, 6.07) is 30.7. The summed E-state index contributed by atoms with van der Waals surface area (Å²) < 4.78 is 0. The van der Waals surface area contributed by atoms with Crippen LogP contribution < -0.4 is 24.8 Å². The van der Waals surface area contributed by atoms with Crippen LogP contribution in [0.15, 0.2) is 109 Å². The topological polar surface area (TPSA) is 20.2 Å². The van der Waals surface area contributed by atoms with E-state index in [1.807, 2.05) is 72.8 Å². The summed E-state index contributed by atoms with van der Waals surface area (Å²) >= 11 is 0. The van der Waals surface area contributed by atoms with Gasteiger partial charge >= 0.3 is 21.7 Å². The average molecular weight is 458 g/mol. The molecule has 3 aromatic carbocycles. The van der Waals surface area contributed by atoms with Crippen LogP contribution in [0.4, 0.5) is 0 Å². The minimum absolute atomic E-state index is 0. The second-order valence-corrected chi connectivity index (χ2v) is 6.32. The summed E-state index contributed by atoms with van der Waals surface area (Å²) in [7, 11) is 0. The maximum atomic E-state index is 9.99. The Balaban J connectivity index is 0.000000494. The van der Waals surface area contributed by atoms with Crippen LogP contribution in [0.25, 0.3) is 0 Å². The molecule has 1 N–H and O–H groups in total. The van der Waals surface area contributed by atoms with Gasteiger partial charge in [-0.15, -0.1) is 0 Å². The van der Waals surface area contributed by atoms with Crippen LogP contribution in [-0.2, 0) is 21.7 Å². The van der Waals surface area contributed by atoms with Crippen molar-refractivity contribution >= 4 is 0 Å². The smallest absolute Gasteiger partial charge is 1.00 e. The minimum Gasteiger partial charge on any atom is -1.00 e. The van der Waals surface area contributed by atoms with Gasteiger partial charge in [0.1, 0.15) is 6.10 Å². The molecule has 1 radical (unpaired) electrons. The number of aliphatic hydroxyl groups excluding tert-OH is 1. The Hall–Kier alpha value is -1.61. The fourth-order valence-corrected chi connectivity index (χ4v) is 2.99. The molecule has 1 aliphatic carbocycles. The van der Waals surface area contributed by atoms with Crippen molar-refractivity contribution in [1.82, 2.24) is 0 Å². The molecule has 29 heavy (non-hydrogen) atoms. The molecule has 0 saturated carbocycles. The summed E-state index contributed by atoms with van der Waals surface area (Å²) in [5.74, 6) is 0.464. The van der Waals surface area contributed by atoms with Crippen LogP contribution in [0.3, 0.4) is 0 Å². The summed E-state index contributed by atoms with van der Waals surface area (Å²) in [6.45, 7) is 2.16. The van der Waals surface area contributed by atoms with Gasteiger partial charge in [-0.1, -0.05) is 84.5 Å². The molecule has 1 aliphatic rings. The van der Waals surface area contributed by atoms with E-state index in [1.165, 1.54) is 11.1 Å². The molecule has 3 aromatic rings. The van der Waals surface area contributed by atoms with Gasteiger partial charge in [-0.3, -0.25) is 0 Å². The van der Waals surface area contributed by atoms with Crippen molar-refractivity contribution in [3.05, 3.63) is 131 Å². The Morgan fingerprint density at radius 3 is 1.72 bits per heavy atom. The third-order valence-corrected chi connectivity index (χ3v) is 4.45. The fourth-order valence-electron chi connectivity index (χ4n) is 2.99. The average Bonchev–Trinajstić information content (AvgIpc) is 3.16. The quantitative estimate of drug-likeness (QED) is 0.428. The van der Waals surface area contributed by atoms with Crippen molar-refractivity contribution in [3.63, 3.8) is 0 Å². The Labute approximate surface area is 201 Å². The largest absolute Gasteiger partial charge is 3.00 e. The number of rotatable bonds is 3. The van der Waals surface area contributed by atoms with E-state index in [-0.39, 0.29) is 46.5 Å². The van der Waals surface area contributed by atoms with Crippen LogP contribution in [0.5, 0.6) is 0 Å². The van der Waals surface area contributed by atoms with Gasteiger partial charge in [-0.2, -0.15) is 35.9 Å². The van der Waals surface area contributed by atoms with Crippen LogP contribution >= 0.6 is 0 Å². The number of aliphatic hydroxyl groups is 1. The van der Waals surface area contributed by atoms with E-state index < -0.39 is 6.10 Å². The predicted molar refractivity (Wildman–Crippen MR) is 108 cm³/mol. The van der Waals surface area contributed by atoms with E-state index in [0.717, 1.165) is 11.1 Å². The second kappa shape index (κ2) is 14.4. The molecule has 0 amide bonds. The first-order valence-corrected chi connectivity index (χ1v) is 8.85. The Morgan fingerprint density at radius 1 is 0.793 bits per heavy atom.